The molecule has 198 valence electrons. The average Bonchev–Trinajstić information content (AvgIpc) is 2.78. The van der Waals surface area contributed by atoms with Gasteiger partial charge in [0, 0.05) is 29.2 Å². The topological polar surface area (TPSA) is 89.5 Å². The van der Waals surface area contributed by atoms with Gasteiger partial charge in [-0.15, -0.1) is 0 Å². The number of rotatable bonds is 11. The first-order valence-corrected chi connectivity index (χ1v) is 14.5. The molecule has 0 aromatic heterocycles. The normalized spacial score (nSPS) is 12.3. The van der Waals surface area contributed by atoms with E-state index in [4.69, 9.17) is 4.74 Å². The van der Waals surface area contributed by atoms with Gasteiger partial charge in [-0.25, -0.2) is 8.42 Å². The lowest BCUT2D eigenvalue weighted by molar-refractivity contribution is -0.128. The van der Waals surface area contributed by atoms with Crippen molar-refractivity contribution >= 4 is 21.5 Å². The fourth-order valence-corrected chi connectivity index (χ4v) is 4.84. The molecule has 2 aromatic rings. The Labute approximate surface area is 216 Å². The number of Topliss-reactive ketones (excluding diaryl/α,β-unsaturated/α-hetero) is 1. The van der Waals surface area contributed by atoms with Crippen LogP contribution in [-0.4, -0.2) is 45.3 Å². The Morgan fingerprint density at radius 2 is 1.47 bits per heavy atom. The first-order valence-electron chi connectivity index (χ1n) is 12.5. The van der Waals surface area contributed by atoms with Crippen molar-refractivity contribution in [3.63, 3.8) is 0 Å². The summed E-state index contributed by atoms with van der Waals surface area (Å²) in [5.41, 5.74) is 3.93. The molecule has 0 bridgehead atoms. The summed E-state index contributed by atoms with van der Waals surface area (Å²) in [5.74, 6) is 0.394. The summed E-state index contributed by atoms with van der Waals surface area (Å²) in [5, 5.41) is 2.70. The molecule has 0 aliphatic carbocycles. The second-order valence-corrected chi connectivity index (χ2v) is 12.9. The molecule has 0 spiro atoms. The van der Waals surface area contributed by atoms with Crippen LogP contribution in [0.4, 0.5) is 0 Å². The van der Waals surface area contributed by atoms with Gasteiger partial charge < -0.3 is 10.1 Å². The standard InChI is InChI=1S/C29H41NO5S/c1-9-29(10-2,23-12-14-25(21(4)18-23)35-19-26(31)28(5,6)7)22-11-13-24(20(3)17-22)27(32)30-15-16-36(8,33)34/h11-14,17-18H,9-10,15-16,19H2,1-8H3,(H,30,32). The number of carbonyl (C=O) groups excluding carboxylic acids is 2. The van der Waals surface area contributed by atoms with E-state index in [-0.39, 0.29) is 36.0 Å². The molecule has 6 nitrogen and oxygen atoms in total. The number of hydrogen-bond donors (Lipinski definition) is 1. The van der Waals surface area contributed by atoms with E-state index in [1.807, 2.05) is 52.8 Å². The van der Waals surface area contributed by atoms with Crippen molar-refractivity contribution in [2.45, 2.75) is 66.7 Å². The average molecular weight is 516 g/mol. The van der Waals surface area contributed by atoms with Gasteiger partial charge in [0.1, 0.15) is 22.2 Å². The quantitative estimate of drug-likeness (QED) is 0.445. The number of hydrogen-bond acceptors (Lipinski definition) is 5. The summed E-state index contributed by atoms with van der Waals surface area (Å²) in [6.07, 6.45) is 2.88. The maximum Gasteiger partial charge on any atom is 0.251 e. The SMILES string of the molecule is CCC(CC)(c1ccc(OCC(=O)C(C)(C)C)c(C)c1)c1ccc(C(=O)NCCS(C)(=O)=O)c(C)c1. The lowest BCUT2D eigenvalue weighted by Crippen LogP contribution is -2.30. The highest BCUT2D eigenvalue weighted by Crippen LogP contribution is 2.41. The van der Waals surface area contributed by atoms with Gasteiger partial charge in [-0.3, -0.25) is 9.59 Å². The number of amides is 1. The van der Waals surface area contributed by atoms with Gasteiger partial charge in [-0.1, -0.05) is 58.9 Å². The first kappa shape index (κ1) is 29.6. The Morgan fingerprint density at radius 3 is 1.94 bits per heavy atom. The smallest absolute Gasteiger partial charge is 0.251 e. The molecule has 1 N–H and O–H groups in total. The molecule has 0 aliphatic rings. The van der Waals surface area contributed by atoms with E-state index in [9.17, 15) is 18.0 Å². The van der Waals surface area contributed by atoms with E-state index >= 15 is 0 Å². The van der Waals surface area contributed by atoms with Crippen molar-refractivity contribution in [1.82, 2.24) is 5.32 Å². The number of ether oxygens (including phenoxy) is 1. The molecule has 36 heavy (non-hydrogen) atoms. The number of carbonyl (C=O) groups is 2. The van der Waals surface area contributed by atoms with Gasteiger partial charge in [0.2, 0.25) is 0 Å². The maximum atomic E-state index is 12.6. The Bertz CT molecular complexity index is 1200. The molecule has 0 saturated carbocycles. The van der Waals surface area contributed by atoms with Crippen molar-refractivity contribution in [2.75, 3.05) is 25.2 Å². The van der Waals surface area contributed by atoms with E-state index < -0.39 is 15.3 Å². The highest BCUT2D eigenvalue weighted by atomic mass is 32.2. The van der Waals surface area contributed by atoms with Crippen LogP contribution in [0.3, 0.4) is 0 Å². The zero-order valence-corrected chi connectivity index (χ0v) is 23.8. The lowest BCUT2D eigenvalue weighted by atomic mass is 9.70. The number of nitrogens with one attached hydrogen (secondary N) is 1. The van der Waals surface area contributed by atoms with Gasteiger partial charge in [-0.2, -0.15) is 0 Å². The minimum Gasteiger partial charge on any atom is -0.486 e. The minimum absolute atomic E-state index is 0.0449. The summed E-state index contributed by atoms with van der Waals surface area (Å²) in [6.45, 7) is 14.0. The highest BCUT2D eigenvalue weighted by molar-refractivity contribution is 7.90. The number of benzene rings is 2. The van der Waals surface area contributed by atoms with Crippen LogP contribution in [0, 0.1) is 19.3 Å². The minimum atomic E-state index is -3.14. The maximum absolute atomic E-state index is 12.6. The van der Waals surface area contributed by atoms with E-state index in [1.165, 1.54) is 0 Å². The second kappa shape index (κ2) is 11.6. The summed E-state index contributed by atoms with van der Waals surface area (Å²) >= 11 is 0. The molecule has 0 saturated heterocycles. The van der Waals surface area contributed by atoms with E-state index in [0.29, 0.717) is 11.3 Å². The molecule has 0 aliphatic heterocycles. The molecule has 0 radical (unpaired) electrons. The Morgan fingerprint density at radius 1 is 0.917 bits per heavy atom. The van der Waals surface area contributed by atoms with Gasteiger partial charge in [0.15, 0.2) is 5.78 Å². The summed E-state index contributed by atoms with van der Waals surface area (Å²) in [4.78, 5) is 24.9. The van der Waals surface area contributed by atoms with Crippen molar-refractivity contribution in [3.8, 4) is 5.75 Å². The van der Waals surface area contributed by atoms with Crippen molar-refractivity contribution in [3.05, 3.63) is 64.2 Å². The number of ketones is 1. The molecular formula is C29H41NO5S. The van der Waals surface area contributed by atoms with Crippen LogP contribution in [0.15, 0.2) is 36.4 Å². The molecular weight excluding hydrogens is 474 g/mol. The van der Waals surface area contributed by atoms with Crippen LogP contribution < -0.4 is 10.1 Å². The summed E-state index contributed by atoms with van der Waals surface area (Å²) in [6, 6.07) is 12.0. The lowest BCUT2D eigenvalue weighted by Gasteiger charge is -2.34. The Balaban J connectivity index is 2.32. The van der Waals surface area contributed by atoms with Crippen LogP contribution in [0.5, 0.6) is 5.75 Å². The molecule has 2 aromatic carbocycles. The molecule has 1 amide bonds. The molecule has 0 fully saturated rings. The van der Waals surface area contributed by atoms with Gasteiger partial charge >= 0.3 is 0 Å². The molecule has 0 atom stereocenters. The van der Waals surface area contributed by atoms with Gasteiger partial charge in [0.25, 0.3) is 5.91 Å². The third-order valence-electron chi connectivity index (χ3n) is 6.91. The largest absolute Gasteiger partial charge is 0.486 e. The highest BCUT2D eigenvalue weighted by Gasteiger charge is 2.32. The van der Waals surface area contributed by atoms with Gasteiger partial charge in [-0.05, 0) is 61.1 Å². The Kier molecular flexibility index (Phi) is 9.52. The predicted octanol–water partition coefficient (Wildman–Crippen LogP) is 5.18. The summed E-state index contributed by atoms with van der Waals surface area (Å²) in [7, 11) is -3.14. The van der Waals surface area contributed by atoms with Gasteiger partial charge in [0.05, 0.1) is 5.75 Å². The number of aryl methyl sites for hydroxylation is 2. The zero-order valence-electron chi connectivity index (χ0n) is 22.9. The number of sulfone groups is 1. The first-order chi connectivity index (χ1) is 16.6. The fraction of sp³-hybridized carbons (Fsp3) is 0.517. The van der Waals surface area contributed by atoms with Crippen molar-refractivity contribution in [1.29, 1.82) is 0 Å². The zero-order chi connectivity index (χ0) is 27.3. The summed E-state index contributed by atoms with van der Waals surface area (Å²) < 4.78 is 28.5. The second-order valence-electron chi connectivity index (χ2n) is 10.6. The third kappa shape index (κ3) is 7.19. The fourth-order valence-electron chi connectivity index (χ4n) is 4.36. The molecule has 0 heterocycles. The van der Waals surface area contributed by atoms with Crippen LogP contribution in [0.25, 0.3) is 0 Å². The van der Waals surface area contributed by atoms with Crippen LogP contribution >= 0.6 is 0 Å². The molecule has 0 unspecified atom stereocenters. The monoisotopic (exact) mass is 515 g/mol. The molecule has 2 rings (SSSR count). The van der Waals surface area contributed by atoms with Crippen molar-refractivity contribution < 1.29 is 22.7 Å². The Hall–Kier alpha value is -2.67. The predicted molar refractivity (Wildman–Crippen MR) is 146 cm³/mol. The third-order valence-corrected chi connectivity index (χ3v) is 7.86. The van der Waals surface area contributed by atoms with Crippen LogP contribution in [-0.2, 0) is 20.0 Å². The van der Waals surface area contributed by atoms with E-state index in [1.54, 1.807) is 0 Å². The van der Waals surface area contributed by atoms with Crippen LogP contribution in [0.1, 0.15) is 80.1 Å². The van der Waals surface area contributed by atoms with E-state index in [0.717, 1.165) is 41.4 Å². The molecule has 7 heteroatoms. The van der Waals surface area contributed by atoms with E-state index in [2.05, 4.69) is 37.4 Å². The van der Waals surface area contributed by atoms with Crippen molar-refractivity contribution in [2.24, 2.45) is 5.41 Å². The van der Waals surface area contributed by atoms with Crippen LogP contribution in [0.2, 0.25) is 0 Å².